The molecule has 0 saturated heterocycles. The fourth-order valence-electron chi connectivity index (χ4n) is 2.35. The van der Waals surface area contributed by atoms with Crippen molar-refractivity contribution in [2.24, 2.45) is 0 Å². The normalized spacial score (nSPS) is 19.5. The smallest absolute Gasteiger partial charge is 0.162 e. The summed E-state index contributed by atoms with van der Waals surface area (Å²) in [5.74, 6) is 0.277. The summed E-state index contributed by atoms with van der Waals surface area (Å²) in [6, 6.07) is 7.56. The first kappa shape index (κ1) is 13.4. The lowest BCUT2D eigenvalue weighted by molar-refractivity contribution is -0.115. The molecule has 0 N–H and O–H groups in total. The van der Waals surface area contributed by atoms with E-state index >= 15 is 0 Å². The van der Waals surface area contributed by atoms with Crippen LogP contribution in [-0.4, -0.2) is 5.78 Å². The Morgan fingerprint density at radius 2 is 1.78 bits per heavy atom. The highest BCUT2D eigenvalue weighted by Gasteiger charge is 2.11. The minimum Gasteiger partial charge on any atom is -0.294 e. The number of Topliss-reactive ketones (excluding diaryl/α,β-unsaturated/α-hetero) is 1. The van der Waals surface area contributed by atoms with Crippen LogP contribution >= 0.6 is 11.6 Å². The molecule has 2 rings (SSSR count). The van der Waals surface area contributed by atoms with Gasteiger partial charge in [0.25, 0.3) is 0 Å². The van der Waals surface area contributed by atoms with E-state index < -0.39 is 0 Å². The van der Waals surface area contributed by atoms with Gasteiger partial charge in [0.1, 0.15) is 0 Å². The monoisotopic (exact) mass is 262 g/mol. The molecule has 0 aliphatic heterocycles. The molecule has 1 aliphatic carbocycles. The molecule has 0 heterocycles. The van der Waals surface area contributed by atoms with Crippen molar-refractivity contribution in [2.75, 3.05) is 0 Å². The van der Waals surface area contributed by atoms with Gasteiger partial charge in [-0.1, -0.05) is 42.7 Å². The Labute approximate surface area is 114 Å². The number of hydrogen-bond donors (Lipinski definition) is 0. The molecule has 1 aromatic rings. The molecular weight excluding hydrogens is 244 g/mol. The van der Waals surface area contributed by atoms with Crippen molar-refractivity contribution in [1.82, 2.24) is 0 Å². The van der Waals surface area contributed by atoms with Crippen LogP contribution in [0.3, 0.4) is 0 Å². The third kappa shape index (κ3) is 3.99. The molecule has 0 bridgehead atoms. The number of hydrogen-bond acceptors (Lipinski definition) is 1. The van der Waals surface area contributed by atoms with E-state index in [1.807, 2.05) is 24.3 Å². The molecule has 96 valence electrons. The van der Waals surface area contributed by atoms with E-state index in [1.54, 1.807) is 0 Å². The van der Waals surface area contributed by atoms with Crippen molar-refractivity contribution < 1.29 is 4.79 Å². The van der Waals surface area contributed by atoms with E-state index in [0.29, 0.717) is 6.42 Å². The van der Waals surface area contributed by atoms with Crippen LogP contribution < -0.4 is 0 Å². The summed E-state index contributed by atoms with van der Waals surface area (Å²) in [6.07, 6.45) is 9.59. The standard InChI is InChI=1S/C16H19ClO/c17-15-10-8-13(9-11-15)12-16(18)14-6-4-2-1-3-5-7-14/h6,8-11H,1-5,7,12H2/b14-6+. The first-order valence-electron chi connectivity index (χ1n) is 6.72. The van der Waals surface area contributed by atoms with E-state index in [1.165, 1.54) is 19.3 Å². The Kier molecular flexibility index (Phi) is 5.00. The first-order chi connectivity index (χ1) is 8.75. The molecule has 0 saturated carbocycles. The maximum Gasteiger partial charge on any atom is 0.162 e. The molecule has 18 heavy (non-hydrogen) atoms. The topological polar surface area (TPSA) is 17.1 Å². The van der Waals surface area contributed by atoms with Crippen molar-refractivity contribution in [2.45, 2.75) is 44.9 Å². The van der Waals surface area contributed by atoms with Gasteiger partial charge in [0.15, 0.2) is 5.78 Å². The summed E-state index contributed by atoms with van der Waals surface area (Å²) in [7, 11) is 0. The average molecular weight is 263 g/mol. The van der Waals surface area contributed by atoms with E-state index in [9.17, 15) is 4.79 Å². The van der Waals surface area contributed by atoms with Gasteiger partial charge in [-0.2, -0.15) is 0 Å². The molecule has 0 spiro atoms. The van der Waals surface area contributed by atoms with Gasteiger partial charge in [-0.25, -0.2) is 0 Å². The lowest BCUT2D eigenvalue weighted by Crippen LogP contribution is -2.07. The van der Waals surface area contributed by atoms with Crippen LogP contribution in [0.2, 0.25) is 5.02 Å². The van der Waals surface area contributed by atoms with Crippen LogP contribution in [0.5, 0.6) is 0 Å². The highest BCUT2D eigenvalue weighted by Crippen LogP contribution is 2.19. The van der Waals surface area contributed by atoms with Crippen molar-refractivity contribution in [3.8, 4) is 0 Å². The highest BCUT2D eigenvalue weighted by atomic mass is 35.5. The summed E-state index contributed by atoms with van der Waals surface area (Å²) in [5.41, 5.74) is 2.08. The largest absolute Gasteiger partial charge is 0.294 e. The van der Waals surface area contributed by atoms with E-state index in [0.717, 1.165) is 35.4 Å². The number of rotatable bonds is 3. The van der Waals surface area contributed by atoms with E-state index in [2.05, 4.69) is 6.08 Å². The Balaban J connectivity index is 1.99. The van der Waals surface area contributed by atoms with Gasteiger partial charge in [-0.15, -0.1) is 0 Å². The Bertz CT molecular complexity index is 431. The SMILES string of the molecule is O=C(Cc1ccc(Cl)cc1)/C1=C/CCCCCC1. The second kappa shape index (κ2) is 6.75. The average Bonchev–Trinajstić information content (AvgIpc) is 2.31. The zero-order valence-electron chi connectivity index (χ0n) is 10.6. The molecule has 0 unspecified atom stereocenters. The van der Waals surface area contributed by atoms with Gasteiger partial charge in [0.2, 0.25) is 0 Å². The summed E-state index contributed by atoms with van der Waals surface area (Å²) in [5, 5.41) is 0.719. The van der Waals surface area contributed by atoms with Crippen LogP contribution in [0, 0.1) is 0 Å². The molecule has 0 radical (unpaired) electrons. The molecule has 1 nitrogen and oxygen atoms in total. The van der Waals surface area contributed by atoms with Gasteiger partial charge < -0.3 is 0 Å². The lowest BCUT2D eigenvalue weighted by Gasteiger charge is -2.10. The molecule has 0 atom stereocenters. The third-order valence-corrected chi connectivity index (χ3v) is 3.68. The number of carbonyl (C=O) groups is 1. The van der Waals surface area contributed by atoms with Crippen LogP contribution in [0.4, 0.5) is 0 Å². The second-order valence-electron chi connectivity index (χ2n) is 4.91. The molecule has 0 fully saturated rings. The number of halogens is 1. The van der Waals surface area contributed by atoms with Crippen molar-refractivity contribution >= 4 is 17.4 Å². The lowest BCUT2D eigenvalue weighted by atomic mass is 9.94. The number of ketones is 1. The maximum atomic E-state index is 12.2. The van der Waals surface area contributed by atoms with Crippen LogP contribution in [-0.2, 0) is 11.2 Å². The Morgan fingerprint density at radius 1 is 1.06 bits per heavy atom. The molecular formula is C16H19ClO. The minimum atomic E-state index is 0.277. The zero-order valence-corrected chi connectivity index (χ0v) is 11.4. The van der Waals surface area contributed by atoms with Gasteiger partial charge in [-0.3, -0.25) is 4.79 Å². The number of benzene rings is 1. The van der Waals surface area contributed by atoms with E-state index in [-0.39, 0.29) is 5.78 Å². The third-order valence-electron chi connectivity index (χ3n) is 3.43. The fraction of sp³-hybridized carbons (Fsp3) is 0.438. The fourth-order valence-corrected chi connectivity index (χ4v) is 2.47. The van der Waals surface area contributed by atoms with Gasteiger partial charge >= 0.3 is 0 Å². The second-order valence-corrected chi connectivity index (χ2v) is 5.35. The maximum absolute atomic E-state index is 12.2. The molecule has 0 aromatic heterocycles. The van der Waals surface area contributed by atoms with Gasteiger partial charge in [0.05, 0.1) is 0 Å². The predicted octanol–water partition coefficient (Wildman–Crippen LogP) is 4.73. The van der Waals surface area contributed by atoms with Gasteiger partial charge in [0, 0.05) is 11.4 Å². The van der Waals surface area contributed by atoms with Crippen molar-refractivity contribution in [3.63, 3.8) is 0 Å². The number of carbonyl (C=O) groups excluding carboxylic acids is 1. The van der Waals surface area contributed by atoms with Crippen molar-refractivity contribution in [1.29, 1.82) is 0 Å². The Hall–Kier alpha value is -1.08. The molecule has 0 amide bonds. The molecule has 1 aromatic carbocycles. The minimum absolute atomic E-state index is 0.277. The first-order valence-corrected chi connectivity index (χ1v) is 7.10. The molecule has 2 heteroatoms. The Morgan fingerprint density at radius 3 is 2.56 bits per heavy atom. The van der Waals surface area contributed by atoms with Crippen LogP contribution in [0.25, 0.3) is 0 Å². The van der Waals surface area contributed by atoms with Crippen LogP contribution in [0.15, 0.2) is 35.9 Å². The molecule has 1 aliphatic rings. The predicted molar refractivity (Wildman–Crippen MR) is 75.9 cm³/mol. The zero-order chi connectivity index (χ0) is 12.8. The highest BCUT2D eigenvalue weighted by molar-refractivity contribution is 6.30. The summed E-state index contributed by atoms with van der Waals surface area (Å²) in [6.45, 7) is 0. The number of allylic oxidation sites excluding steroid dienone is 2. The summed E-state index contributed by atoms with van der Waals surface area (Å²) in [4.78, 5) is 12.2. The van der Waals surface area contributed by atoms with E-state index in [4.69, 9.17) is 11.6 Å². The summed E-state index contributed by atoms with van der Waals surface area (Å²) < 4.78 is 0. The van der Waals surface area contributed by atoms with Gasteiger partial charge in [-0.05, 0) is 49.0 Å². The van der Waals surface area contributed by atoms with Crippen molar-refractivity contribution in [3.05, 3.63) is 46.5 Å². The quantitative estimate of drug-likeness (QED) is 0.769. The summed E-state index contributed by atoms with van der Waals surface area (Å²) >= 11 is 5.84. The van der Waals surface area contributed by atoms with Crippen LogP contribution in [0.1, 0.15) is 44.1 Å².